The number of carboxylic acids is 1. The zero-order valence-corrected chi connectivity index (χ0v) is 8.38. The van der Waals surface area contributed by atoms with Crippen molar-refractivity contribution in [3.63, 3.8) is 0 Å². The van der Waals surface area contributed by atoms with E-state index in [0.717, 1.165) is 11.3 Å². The molecule has 1 aromatic carbocycles. The summed E-state index contributed by atoms with van der Waals surface area (Å²) in [4.78, 5) is 11.5. The summed E-state index contributed by atoms with van der Waals surface area (Å²) in [5.41, 5.74) is 2.49. The van der Waals surface area contributed by atoms with Gasteiger partial charge in [-0.15, -0.1) is 11.8 Å². The molecule has 0 unspecified atom stereocenters. The van der Waals surface area contributed by atoms with E-state index in [9.17, 15) is 4.79 Å². The van der Waals surface area contributed by atoms with Crippen molar-refractivity contribution in [1.82, 2.24) is 0 Å². The third kappa shape index (κ3) is 1.82. The van der Waals surface area contributed by atoms with E-state index < -0.39 is 5.97 Å². The highest BCUT2D eigenvalue weighted by molar-refractivity contribution is 8.08. The van der Waals surface area contributed by atoms with Gasteiger partial charge in [0.25, 0.3) is 0 Å². The fourth-order valence-corrected chi connectivity index (χ4v) is 2.36. The molecule has 1 N–H and O–H groups in total. The van der Waals surface area contributed by atoms with Crippen molar-refractivity contribution in [2.24, 2.45) is 0 Å². The minimum atomic E-state index is -0.764. The van der Waals surface area contributed by atoms with Gasteiger partial charge in [-0.2, -0.15) is 0 Å². The van der Waals surface area contributed by atoms with Crippen LogP contribution in [-0.4, -0.2) is 16.8 Å². The molecule has 0 saturated carbocycles. The van der Waals surface area contributed by atoms with E-state index >= 15 is 0 Å². The minimum Gasteiger partial charge on any atom is -0.481 e. The molecule has 2 nitrogen and oxygen atoms in total. The predicted octanol–water partition coefficient (Wildman–Crippen LogP) is 2.40. The van der Waals surface area contributed by atoms with Crippen LogP contribution >= 0.6 is 11.8 Å². The Balaban J connectivity index is 2.13. The molecule has 3 heteroatoms. The predicted molar refractivity (Wildman–Crippen MR) is 58.2 cm³/mol. The van der Waals surface area contributed by atoms with Gasteiger partial charge in [0.05, 0.1) is 5.75 Å². The molecule has 1 aromatic rings. The van der Waals surface area contributed by atoms with Crippen molar-refractivity contribution in [2.45, 2.75) is 6.42 Å². The van der Waals surface area contributed by atoms with Crippen molar-refractivity contribution < 1.29 is 9.90 Å². The maximum atomic E-state index is 10.4. The van der Waals surface area contributed by atoms with Gasteiger partial charge in [-0.05, 0) is 17.5 Å². The number of carbonyl (C=O) groups is 1. The molecule has 0 heterocycles. The molecule has 0 bridgehead atoms. The van der Waals surface area contributed by atoms with Crippen LogP contribution in [-0.2, 0) is 11.2 Å². The summed E-state index contributed by atoms with van der Waals surface area (Å²) < 4.78 is 0. The highest BCUT2D eigenvalue weighted by Gasteiger charge is 2.14. The van der Waals surface area contributed by atoms with Crippen LogP contribution in [0.25, 0.3) is 4.91 Å². The first kappa shape index (κ1) is 9.34. The van der Waals surface area contributed by atoms with Gasteiger partial charge < -0.3 is 5.11 Å². The second kappa shape index (κ2) is 3.88. The molecule has 0 atom stereocenters. The lowest BCUT2D eigenvalue weighted by Crippen LogP contribution is -1.97. The summed E-state index contributed by atoms with van der Waals surface area (Å²) in [5.74, 6) is -0.625. The van der Waals surface area contributed by atoms with Crippen LogP contribution < -0.4 is 0 Å². The molecule has 14 heavy (non-hydrogen) atoms. The number of fused-ring (bicyclic) bond motifs is 1. The molecule has 1 aliphatic carbocycles. The molecular formula is C11H10O2S. The number of hydrogen-bond acceptors (Lipinski definition) is 2. The molecule has 0 amide bonds. The molecule has 0 saturated heterocycles. The number of rotatable bonds is 3. The molecule has 0 aromatic heterocycles. The van der Waals surface area contributed by atoms with Gasteiger partial charge in [0, 0.05) is 4.91 Å². The van der Waals surface area contributed by atoms with Crippen LogP contribution in [0, 0.1) is 0 Å². The normalized spacial score (nSPS) is 13.6. The summed E-state index contributed by atoms with van der Waals surface area (Å²) in [6.07, 6.45) is 3.02. The molecular weight excluding hydrogens is 196 g/mol. The number of benzene rings is 1. The third-order valence-electron chi connectivity index (χ3n) is 2.14. The van der Waals surface area contributed by atoms with Gasteiger partial charge >= 0.3 is 5.97 Å². The van der Waals surface area contributed by atoms with Crippen LogP contribution in [0.2, 0.25) is 0 Å². The average molecular weight is 206 g/mol. The van der Waals surface area contributed by atoms with Crippen LogP contribution in [0.5, 0.6) is 0 Å². The van der Waals surface area contributed by atoms with Crippen molar-refractivity contribution in [2.75, 3.05) is 5.75 Å². The first-order valence-electron chi connectivity index (χ1n) is 4.40. The van der Waals surface area contributed by atoms with E-state index in [4.69, 9.17) is 5.11 Å². The first-order chi connectivity index (χ1) is 6.77. The van der Waals surface area contributed by atoms with E-state index in [2.05, 4.69) is 12.1 Å². The highest BCUT2D eigenvalue weighted by atomic mass is 32.2. The molecule has 0 fully saturated rings. The summed E-state index contributed by atoms with van der Waals surface area (Å²) in [6, 6.07) is 8.12. The number of aliphatic carboxylic acids is 1. The average Bonchev–Trinajstić information content (AvgIpc) is 2.58. The van der Waals surface area contributed by atoms with Gasteiger partial charge in [0.15, 0.2) is 0 Å². The molecule has 1 aliphatic rings. The molecule has 0 aliphatic heterocycles. The molecule has 2 rings (SSSR count). The summed E-state index contributed by atoms with van der Waals surface area (Å²) in [6.45, 7) is 0. The molecule has 72 valence electrons. The van der Waals surface area contributed by atoms with Crippen LogP contribution in [0.3, 0.4) is 0 Å². The lowest BCUT2D eigenvalue weighted by molar-refractivity contribution is -0.133. The number of carboxylic acid groups (broad SMARTS) is 1. The topological polar surface area (TPSA) is 37.3 Å². The van der Waals surface area contributed by atoms with Crippen LogP contribution in [0.15, 0.2) is 30.3 Å². The number of hydrogen-bond donors (Lipinski definition) is 1. The summed E-state index contributed by atoms with van der Waals surface area (Å²) >= 11 is 1.40. The second-order valence-corrected chi connectivity index (χ2v) is 4.13. The number of thioether (sulfide) groups is 1. The fourth-order valence-electron chi connectivity index (χ4n) is 1.53. The standard InChI is InChI=1S/C11H10O2S/c12-11(13)7-14-10-6-5-8-3-1-2-4-9(8)10/h1-4,6H,5,7H2,(H,12,13). The Morgan fingerprint density at radius 1 is 1.43 bits per heavy atom. The second-order valence-electron chi connectivity index (χ2n) is 3.11. The maximum absolute atomic E-state index is 10.4. The quantitative estimate of drug-likeness (QED) is 0.825. The highest BCUT2D eigenvalue weighted by Crippen LogP contribution is 2.35. The Labute approximate surface area is 86.6 Å². The SMILES string of the molecule is O=C(O)CSC1=CCc2ccccc21. The Morgan fingerprint density at radius 2 is 2.21 bits per heavy atom. The van der Waals surface area contributed by atoms with Gasteiger partial charge in [-0.3, -0.25) is 4.79 Å². The van der Waals surface area contributed by atoms with Crippen molar-refractivity contribution in [3.8, 4) is 0 Å². The summed E-state index contributed by atoms with van der Waals surface area (Å²) in [5, 5.41) is 8.57. The van der Waals surface area contributed by atoms with Crippen LogP contribution in [0.1, 0.15) is 11.1 Å². The molecule has 0 radical (unpaired) electrons. The number of allylic oxidation sites excluding steroid dienone is 1. The van der Waals surface area contributed by atoms with E-state index in [-0.39, 0.29) is 5.75 Å². The first-order valence-corrected chi connectivity index (χ1v) is 5.39. The van der Waals surface area contributed by atoms with Gasteiger partial charge in [-0.1, -0.05) is 30.3 Å². The van der Waals surface area contributed by atoms with E-state index in [0.29, 0.717) is 0 Å². The zero-order chi connectivity index (χ0) is 9.97. The third-order valence-corrected chi connectivity index (χ3v) is 3.23. The van der Waals surface area contributed by atoms with Gasteiger partial charge in [0.2, 0.25) is 0 Å². The van der Waals surface area contributed by atoms with E-state index in [1.165, 1.54) is 22.9 Å². The van der Waals surface area contributed by atoms with Crippen molar-refractivity contribution in [1.29, 1.82) is 0 Å². The maximum Gasteiger partial charge on any atom is 0.313 e. The smallest absolute Gasteiger partial charge is 0.313 e. The Bertz CT molecular complexity index is 396. The fraction of sp³-hybridized carbons (Fsp3) is 0.182. The van der Waals surface area contributed by atoms with E-state index in [1.54, 1.807) is 0 Å². The van der Waals surface area contributed by atoms with Crippen molar-refractivity contribution >= 4 is 22.6 Å². The largest absolute Gasteiger partial charge is 0.481 e. The minimum absolute atomic E-state index is 0.139. The van der Waals surface area contributed by atoms with Crippen LogP contribution in [0.4, 0.5) is 0 Å². The lowest BCUT2D eigenvalue weighted by Gasteiger charge is -2.02. The van der Waals surface area contributed by atoms with E-state index in [1.807, 2.05) is 18.2 Å². The lowest BCUT2D eigenvalue weighted by atomic mass is 10.1. The Kier molecular flexibility index (Phi) is 2.59. The van der Waals surface area contributed by atoms with Gasteiger partial charge in [0.1, 0.15) is 0 Å². The Morgan fingerprint density at radius 3 is 3.00 bits per heavy atom. The Hall–Kier alpha value is -1.22. The zero-order valence-electron chi connectivity index (χ0n) is 7.56. The molecule has 0 spiro atoms. The van der Waals surface area contributed by atoms with Crippen molar-refractivity contribution in [3.05, 3.63) is 41.5 Å². The van der Waals surface area contributed by atoms with Gasteiger partial charge in [-0.25, -0.2) is 0 Å². The monoisotopic (exact) mass is 206 g/mol. The summed E-state index contributed by atoms with van der Waals surface area (Å²) in [7, 11) is 0.